The van der Waals surface area contributed by atoms with Crippen LogP contribution in [-0.4, -0.2) is 72.2 Å². The number of nitrogens with zero attached hydrogens (tertiary/aromatic N) is 1. The number of anilines is 1. The highest BCUT2D eigenvalue weighted by Crippen LogP contribution is 2.36. The molecule has 2 aliphatic heterocycles. The molecule has 1 amide bonds. The van der Waals surface area contributed by atoms with Crippen LogP contribution >= 0.6 is 0 Å². The third-order valence-corrected chi connectivity index (χ3v) is 8.04. The molecule has 0 radical (unpaired) electrons. The minimum Gasteiger partial charge on any atom is -0.497 e. The van der Waals surface area contributed by atoms with Gasteiger partial charge in [0.15, 0.2) is 0 Å². The number of piperidine rings is 1. The molecule has 39 heavy (non-hydrogen) atoms. The summed E-state index contributed by atoms with van der Waals surface area (Å²) in [6.07, 6.45) is 3.55. The van der Waals surface area contributed by atoms with E-state index in [1.165, 1.54) is 5.56 Å². The number of hydrogen-bond acceptors (Lipinski definition) is 7. The lowest BCUT2D eigenvalue weighted by atomic mass is 9.81. The van der Waals surface area contributed by atoms with Crippen LogP contribution in [0.4, 0.5) is 5.69 Å². The largest absolute Gasteiger partial charge is 0.497 e. The Morgan fingerprint density at radius 2 is 2.03 bits per heavy atom. The second kappa shape index (κ2) is 14.5. The first-order valence-corrected chi connectivity index (χ1v) is 14.3. The van der Waals surface area contributed by atoms with E-state index in [4.69, 9.17) is 18.9 Å². The molecule has 0 unspecified atom stereocenters. The van der Waals surface area contributed by atoms with E-state index in [1.54, 1.807) is 21.3 Å². The quantitative estimate of drug-likeness (QED) is 0.371. The average Bonchev–Trinajstić information content (AvgIpc) is 2.99. The van der Waals surface area contributed by atoms with Gasteiger partial charge in [0.25, 0.3) is 0 Å². The van der Waals surface area contributed by atoms with Crippen molar-refractivity contribution in [3.8, 4) is 11.5 Å². The molecule has 2 N–H and O–H groups in total. The second-order valence-electron chi connectivity index (χ2n) is 10.5. The molecule has 0 bridgehead atoms. The highest BCUT2D eigenvalue weighted by Gasteiger charge is 2.34. The lowest BCUT2D eigenvalue weighted by Gasteiger charge is -2.38. The molecule has 8 heteroatoms. The van der Waals surface area contributed by atoms with Crippen molar-refractivity contribution in [2.45, 2.75) is 57.3 Å². The fourth-order valence-electron chi connectivity index (χ4n) is 5.77. The highest BCUT2D eigenvalue weighted by atomic mass is 16.5. The standard InChI is InChI=1S/C31H45N3O5/c1-5-23(31(35)32-2)18-25-19-27(24-8-10-26(37-4)11-9-24)30(20-33-25)39-21-22-7-12-29-28(17-22)34(14-16-38-29)13-6-15-36-3/h7-12,17,23,25,27,30,33H,5-6,13-16,18-21H2,1-4H3,(H,32,35)/t23-,25+,27+,30-/m0/s1. The van der Waals surface area contributed by atoms with Gasteiger partial charge in [-0.25, -0.2) is 0 Å². The summed E-state index contributed by atoms with van der Waals surface area (Å²) in [5.41, 5.74) is 3.51. The van der Waals surface area contributed by atoms with Crippen molar-refractivity contribution in [2.24, 2.45) is 5.92 Å². The third kappa shape index (κ3) is 7.65. The highest BCUT2D eigenvalue weighted by molar-refractivity contribution is 5.78. The van der Waals surface area contributed by atoms with Gasteiger partial charge in [-0.2, -0.15) is 0 Å². The molecular formula is C31H45N3O5. The Balaban J connectivity index is 1.46. The van der Waals surface area contributed by atoms with E-state index in [9.17, 15) is 4.79 Å². The van der Waals surface area contributed by atoms with Gasteiger partial charge in [0.2, 0.25) is 5.91 Å². The number of methoxy groups -OCH3 is 2. The molecule has 0 aromatic heterocycles. The van der Waals surface area contributed by atoms with Gasteiger partial charge in [-0.05, 0) is 61.1 Å². The van der Waals surface area contributed by atoms with Crippen LogP contribution in [0.15, 0.2) is 42.5 Å². The van der Waals surface area contributed by atoms with Crippen LogP contribution in [-0.2, 0) is 20.9 Å². The van der Waals surface area contributed by atoms with Crippen molar-refractivity contribution in [2.75, 3.05) is 59.0 Å². The number of fused-ring (bicyclic) bond motifs is 1. The Morgan fingerprint density at radius 1 is 1.21 bits per heavy atom. The lowest BCUT2D eigenvalue weighted by Crippen LogP contribution is -2.48. The molecule has 2 heterocycles. The van der Waals surface area contributed by atoms with Gasteiger partial charge in [0.1, 0.15) is 18.1 Å². The van der Waals surface area contributed by atoms with Crippen molar-refractivity contribution in [1.29, 1.82) is 0 Å². The van der Waals surface area contributed by atoms with Gasteiger partial charge in [-0.3, -0.25) is 4.79 Å². The summed E-state index contributed by atoms with van der Waals surface area (Å²) in [5.74, 6) is 2.12. The van der Waals surface area contributed by atoms with Gasteiger partial charge in [-0.1, -0.05) is 25.1 Å². The van der Waals surface area contributed by atoms with Gasteiger partial charge < -0.3 is 34.5 Å². The first-order chi connectivity index (χ1) is 19.1. The van der Waals surface area contributed by atoms with Gasteiger partial charge in [0, 0.05) is 51.7 Å². The molecule has 8 nitrogen and oxygen atoms in total. The summed E-state index contributed by atoms with van der Waals surface area (Å²) >= 11 is 0. The number of ether oxygens (including phenoxy) is 4. The number of nitrogens with one attached hydrogen (secondary N) is 2. The average molecular weight is 540 g/mol. The summed E-state index contributed by atoms with van der Waals surface area (Å²) in [5, 5.41) is 6.51. The predicted molar refractivity (Wildman–Crippen MR) is 154 cm³/mol. The van der Waals surface area contributed by atoms with Gasteiger partial charge in [-0.15, -0.1) is 0 Å². The molecular weight excluding hydrogens is 494 g/mol. The van der Waals surface area contributed by atoms with Crippen LogP contribution in [0.5, 0.6) is 11.5 Å². The second-order valence-corrected chi connectivity index (χ2v) is 10.5. The number of carbonyl (C=O) groups is 1. The molecule has 214 valence electrons. The van der Waals surface area contributed by atoms with Gasteiger partial charge >= 0.3 is 0 Å². The zero-order chi connectivity index (χ0) is 27.6. The van der Waals surface area contributed by atoms with Crippen LogP contribution in [0.1, 0.15) is 49.7 Å². The molecule has 4 atom stereocenters. The maximum atomic E-state index is 12.4. The van der Waals surface area contributed by atoms with Crippen LogP contribution in [0, 0.1) is 5.92 Å². The number of rotatable bonds is 13. The molecule has 1 fully saturated rings. The fraction of sp³-hybridized carbons (Fsp3) is 0.581. The van der Waals surface area contributed by atoms with Crippen LogP contribution < -0.4 is 25.0 Å². The lowest BCUT2D eigenvalue weighted by molar-refractivity contribution is -0.125. The fourth-order valence-corrected chi connectivity index (χ4v) is 5.77. The monoisotopic (exact) mass is 539 g/mol. The van der Waals surface area contributed by atoms with Crippen molar-refractivity contribution in [1.82, 2.24) is 10.6 Å². The first-order valence-electron chi connectivity index (χ1n) is 14.3. The van der Waals surface area contributed by atoms with E-state index < -0.39 is 0 Å². The normalized spacial score (nSPS) is 21.5. The zero-order valence-electron chi connectivity index (χ0n) is 23.9. The number of carbonyl (C=O) groups excluding carboxylic acids is 1. The summed E-state index contributed by atoms with van der Waals surface area (Å²) in [6.45, 7) is 6.62. The maximum absolute atomic E-state index is 12.4. The van der Waals surface area contributed by atoms with E-state index in [2.05, 4.69) is 52.8 Å². The van der Waals surface area contributed by atoms with Gasteiger partial charge in [0.05, 0.1) is 32.1 Å². The van der Waals surface area contributed by atoms with E-state index >= 15 is 0 Å². The van der Waals surface area contributed by atoms with Crippen LogP contribution in [0.2, 0.25) is 0 Å². The Morgan fingerprint density at radius 3 is 2.74 bits per heavy atom. The first kappa shape index (κ1) is 29.2. The summed E-state index contributed by atoms with van der Waals surface area (Å²) < 4.78 is 23.2. The number of amides is 1. The van der Waals surface area contributed by atoms with Crippen LogP contribution in [0.3, 0.4) is 0 Å². The molecule has 0 aliphatic carbocycles. The molecule has 4 rings (SSSR count). The Bertz CT molecular complexity index is 1050. The topological polar surface area (TPSA) is 81.3 Å². The van der Waals surface area contributed by atoms with Crippen molar-refractivity contribution in [3.63, 3.8) is 0 Å². The minimum atomic E-state index is 0.00559. The predicted octanol–water partition coefficient (Wildman–Crippen LogP) is 4.12. The van der Waals surface area contributed by atoms with E-state index in [1.807, 2.05) is 12.1 Å². The Hall–Kier alpha value is -2.81. The van der Waals surface area contributed by atoms with E-state index in [0.717, 1.165) is 74.7 Å². The molecule has 1 saturated heterocycles. The summed E-state index contributed by atoms with van der Waals surface area (Å²) in [7, 11) is 5.15. The Labute approximate surface area is 233 Å². The minimum absolute atomic E-state index is 0.00559. The Kier molecular flexibility index (Phi) is 10.9. The van der Waals surface area contributed by atoms with Crippen molar-refractivity contribution < 1.29 is 23.7 Å². The van der Waals surface area contributed by atoms with Crippen molar-refractivity contribution in [3.05, 3.63) is 53.6 Å². The molecule has 2 aromatic rings. The summed E-state index contributed by atoms with van der Waals surface area (Å²) in [6, 6.07) is 15.0. The smallest absolute Gasteiger partial charge is 0.222 e. The molecule has 2 aliphatic rings. The zero-order valence-corrected chi connectivity index (χ0v) is 23.9. The molecule has 0 spiro atoms. The summed E-state index contributed by atoms with van der Waals surface area (Å²) in [4.78, 5) is 14.7. The van der Waals surface area contributed by atoms with Crippen molar-refractivity contribution >= 4 is 11.6 Å². The third-order valence-electron chi connectivity index (χ3n) is 8.04. The van der Waals surface area contributed by atoms with Crippen LogP contribution in [0.25, 0.3) is 0 Å². The number of benzene rings is 2. The van der Waals surface area contributed by atoms with E-state index in [-0.39, 0.29) is 29.9 Å². The maximum Gasteiger partial charge on any atom is 0.222 e. The molecule has 2 aromatic carbocycles. The number of hydrogen-bond donors (Lipinski definition) is 2. The van der Waals surface area contributed by atoms with E-state index in [0.29, 0.717) is 13.2 Å². The molecule has 0 saturated carbocycles. The SMILES string of the molecule is CC[C@@H](C[C@@H]1C[C@H](c2ccc(OC)cc2)[C@@H](OCc2ccc3c(c2)N(CCCOC)CCO3)CN1)C(=O)NC.